The zero-order chi connectivity index (χ0) is 18.8. The van der Waals surface area contributed by atoms with Crippen molar-refractivity contribution >= 4 is 33.3 Å². The van der Waals surface area contributed by atoms with Gasteiger partial charge in [-0.3, -0.25) is 4.79 Å². The molecule has 0 atom stereocenters. The first-order valence-corrected chi connectivity index (χ1v) is 9.25. The summed E-state index contributed by atoms with van der Waals surface area (Å²) in [5.41, 5.74) is 4.06. The number of anilines is 1. The number of rotatable bonds is 5. The minimum Gasteiger partial charge on any atom is -0.496 e. The number of fused-ring (bicyclic) bond motifs is 1. The van der Waals surface area contributed by atoms with Crippen LogP contribution in [-0.2, 0) is 11.2 Å². The highest BCUT2D eigenvalue weighted by Crippen LogP contribution is 2.33. The van der Waals surface area contributed by atoms with Crippen molar-refractivity contribution in [3.8, 4) is 17.0 Å². The topological polar surface area (TPSA) is 77.2 Å². The maximum Gasteiger partial charge on any atom is 0.232 e. The third-order valence-electron chi connectivity index (χ3n) is 4.16. The quantitative estimate of drug-likeness (QED) is 0.554. The lowest BCUT2D eigenvalue weighted by Gasteiger charge is -2.07. The van der Waals surface area contributed by atoms with Crippen LogP contribution < -0.4 is 10.1 Å². The van der Waals surface area contributed by atoms with Gasteiger partial charge in [0.05, 0.1) is 19.2 Å². The van der Waals surface area contributed by atoms with E-state index in [4.69, 9.17) is 9.26 Å². The Morgan fingerprint density at radius 1 is 1.26 bits per heavy atom. The molecular weight excluding hydrogens is 362 g/mol. The van der Waals surface area contributed by atoms with Crippen LogP contribution in [0.4, 0.5) is 5.13 Å². The lowest BCUT2D eigenvalue weighted by atomic mass is 10.1. The van der Waals surface area contributed by atoms with Crippen molar-refractivity contribution in [1.82, 2.24) is 10.1 Å². The van der Waals surface area contributed by atoms with E-state index in [0.29, 0.717) is 16.4 Å². The van der Waals surface area contributed by atoms with E-state index in [2.05, 4.69) is 15.5 Å². The van der Waals surface area contributed by atoms with Crippen molar-refractivity contribution in [3.63, 3.8) is 0 Å². The Hall–Kier alpha value is -3.19. The minimum atomic E-state index is -0.189. The number of amides is 1. The highest BCUT2D eigenvalue weighted by Gasteiger charge is 2.15. The fraction of sp³-hybridized carbons (Fsp3) is 0.150. The van der Waals surface area contributed by atoms with Crippen LogP contribution >= 0.6 is 11.3 Å². The number of thiazole rings is 1. The average Bonchev–Trinajstić information content (AvgIpc) is 3.29. The van der Waals surface area contributed by atoms with Crippen LogP contribution in [0, 0.1) is 6.92 Å². The number of para-hydroxylation sites is 1. The van der Waals surface area contributed by atoms with Crippen molar-refractivity contribution in [2.75, 3.05) is 12.4 Å². The average molecular weight is 379 g/mol. The van der Waals surface area contributed by atoms with Gasteiger partial charge in [-0.05, 0) is 31.2 Å². The molecule has 0 saturated heterocycles. The van der Waals surface area contributed by atoms with Crippen molar-refractivity contribution < 1.29 is 14.1 Å². The SMILES string of the molecule is COc1ccc(C)cc1-c1csc(NC(=O)Cc2noc3ccccc23)n1. The van der Waals surface area contributed by atoms with Crippen LogP contribution in [0.1, 0.15) is 11.3 Å². The van der Waals surface area contributed by atoms with Crippen LogP contribution in [0.2, 0.25) is 0 Å². The molecule has 0 bridgehead atoms. The molecule has 2 heterocycles. The largest absolute Gasteiger partial charge is 0.496 e. The Bertz CT molecular complexity index is 1120. The number of aromatic nitrogens is 2. The first kappa shape index (κ1) is 17.2. The number of hydrogen-bond acceptors (Lipinski definition) is 6. The molecule has 4 rings (SSSR count). The fourth-order valence-electron chi connectivity index (χ4n) is 2.86. The monoisotopic (exact) mass is 379 g/mol. The van der Waals surface area contributed by atoms with Crippen LogP contribution in [0.3, 0.4) is 0 Å². The van der Waals surface area contributed by atoms with E-state index in [1.165, 1.54) is 11.3 Å². The molecule has 0 aliphatic carbocycles. The molecule has 0 radical (unpaired) electrons. The lowest BCUT2D eigenvalue weighted by Crippen LogP contribution is -2.14. The number of nitrogens with one attached hydrogen (secondary N) is 1. The van der Waals surface area contributed by atoms with Crippen molar-refractivity contribution in [2.45, 2.75) is 13.3 Å². The van der Waals surface area contributed by atoms with Gasteiger partial charge in [0, 0.05) is 16.3 Å². The van der Waals surface area contributed by atoms with Crippen LogP contribution in [-0.4, -0.2) is 23.2 Å². The van der Waals surface area contributed by atoms with Gasteiger partial charge in [0.1, 0.15) is 11.4 Å². The van der Waals surface area contributed by atoms with Gasteiger partial charge in [0.15, 0.2) is 10.7 Å². The van der Waals surface area contributed by atoms with Gasteiger partial charge >= 0.3 is 0 Å². The molecule has 1 amide bonds. The zero-order valence-electron chi connectivity index (χ0n) is 14.9. The Morgan fingerprint density at radius 3 is 2.96 bits per heavy atom. The Morgan fingerprint density at radius 2 is 2.11 bits per heavy atom. The summed E-state index contributed by atoms with van der Waals surface area (Å²) in [5.74, 6) is 0.559. The van der Waals surface area contributed by atoms with E-state index in [9.17, 15) is 4.79 Å². The minimum absolute atomic E-state index is 0.125. The summed E-state index contributed by atoms with van der Waals surface area (Å²) in [6.45, 7) is 2.01. The molecule has 0 aliphatic heterocycles. The lowest BCUT2D eigenvalue weighted by molar-refractivity contribution is -0.115. The second-order valence-corrected chi connectivity index (χ2v) is 6.95. The van der Waals surface area contributed by atoms with Crippen molar-refractivity contribution in [2.24, 2.45) is 0 Å². The van der Waals surface area contributed by atoms with Gasteiger partial charge < -0.3 is 14.6 Å². The van der Waals surface area contributed by atoms with Crippen LogP contribution in [0.15, 0.2) is 52.4 Å². The second-order valence-electron chi connectivity index (χ2n) is 6.09. The smallest absolute Gasteiger partial charge is 0.232 e. The molecule has 27 heavy (non-hydrogen) atoms. The second kappa shape index (κ2) is 7.20. The Balaban J connectivity index is 1.51. The number of hydrogen-bond donors (Lipinski definition) is 1. The molecule has 2 aromatic heterocycles. The number of carbonyl (C=O) groups excluding carboxylic acids is 1. The summed E-state index contributed by atoms with van der Waals surface area (Å²) in [6, 6.07) is 13.4. The van der Waals surface area contributed by atoms with Crippen molar-refractivity contribution in [1.29, 1.82) is 0 Å². The molecule has 0 fully saturated rings. The summed E-state index contributed by atoms with van der Waals surface area (Å²) >= 11 is 1.37. The molecule has 1 N–H and O–H groups in total. The van der Waals surface area contributed by atoms with Crippen LogP contribution in [0.25, 0.3) is 22.2 Å². The molecule has 0 spiro atoms. The van der Waals surface area contributed by atoms with Gasteiger partial charge in [-0.15, -0.1) is 11.3 Å². The summed E-state index contributed by atoms with van der Waals surface area (Å²) in [4.78, 5) is 16.9. The van der Waals surface area contributed by atoms with E-state index >= 15 is 0 Å². The van der Waals surface area contributed by atoms with Gasteiger partial charge in [0.25, 0.3) is 0 Å². The highest BCUT2D eigenvalue weighted by atomic mass is 32.1. The third kappa shape index (κ3) is 3.54. The maximum absolute atomic E-state index is 12.4. The van der Waals surface area contributed by atoms with E-state index < -0.39 is 0 Å². The molecular formula is C20H17N3O3S. The Labute approximate surface area is 159 Å². The van der Waals surface area contributed by atoms with E-state index in [1.807, 2.05) is 54.8 Å². The molecule has 0 unspecified atom stereocenters. The number of ether oxygens (including phenoxy) is 1. The first-order chi connectivity index (χ1) is 13.1. The summed E-state index contributed by atoms with van der Waals surface area (Å²) in [7, 11) is 1.63. The number of benzene rings is 2. The highest BCUT2D eigenvalue weighted by molar-refractivity contribution is 7.14. The fourth-order valence-corrected chi connectivity index (χ4v) is 3.58. The zero-order valence-corrected chi connectivity index (χ0v) is 15.7. The van der Waals surface area contributed by atoms with Crippen molar-refractivity contribution in [3.05, 3.63) is 59.1 Å². The molecule has 0 saturated carbocycles. The van der Waals surface area contributed by atoms with E-state index in [-0.39, 0.29) is 12.3 Å². The molecule has 136 valence electrons. The Kier molecular flexibility index (Phi) is 4.60. The van der Waals surface area contributed by atoms with Gasteiger partial charge in [-0.2, -0.15) is 0 Å². The van der Waals surface area contributed by atoms with Gasteiger partial charge in [0.2, 0.25) is 5.91 Å². The van der Waals surface area contributed by atoms with Gasteiger partial charge in [-0.1, -0.05) is 28.9 Å². The third-order valence-corrected chi connectivity index (χ3v) is 4.92. The van der Waals surface area contributed by atoms with E-state index in [0.717, 1.165) is 28.0 Å². The summed E-state index contributed by atoms with van der Waals surface area (Å²) in [5, 5.41) is 10.1. The molecule has 2 aromatic carbocycles. The first-order valence-electron chi connectivity index (χ1n) is 8.38. The number of methoxy groups -OCH3 is 1. The predicted molar refractivity (Wildman–Crippen MR) is 105 cm³/mol. The normalized spacial score (nSPS) is 10.9. The molecule has 7 heteroatoms. The molecule has 0 aliphatic rings. The molecule has 4 aromatic rings. The van der Waals surface area contributed by atoms with Gasteiger partial charge in [-0.25, -0.2) is 4.98 Å². The number of carbonyl (C=O) groups is 1. The number of nitrogens with zero attached hydrogens (tertiary/aromatic N) is 2. The van der Waals surface area contributed by atoms with E-state index in [1.54, 1.807) is 7.11 Å². The summed E-state index contributed by atoms with van der Waals surface area (Å²) in [6.07, 6.45) is 0.125. The maximum atomic E-state index is 12.4. The standard InChI is InChI=1S/C20H17N3O3S/c1-12-7-8-17(25-2)14(9-12)16-11-27-20(21-16)22-19(24)10-15-13-5-3-4-6-18(13)26-23-15/h3-9,11H,10H2,1-2H3,(H,21,22,24). The predicted octanol–water partition coefficient (Wildman–Crippen LogP) is 4.45. The summed E-state index contributed by atoms with van der Waals surface area (Å²) < 4.78 is 10.7. The molecule has 6 nitrogen and oxygen atoms in total. The number of aryl methyl sites for hydroxylation is 1. The van der Waals surface area contributed by atoms with Crippen LogP contribution in [0.5, 0.6) is 5.75 Å².